The highest BCUT2D eigenvalue weighted by Gasteiger charge is 2.34. The maximum absolute atomic E-state index is 15.3. The van der Waals surface area contributed by atoms with Crippen LogP contribution in [0.2, 0.25) is 0 Å². The Morgan fingerprint density at radius 1 is 1.12 bits per heavy atom. The number of hydrogen-bond acceptors (Lipinski definition) is 7. The van der Waals surface area contributed by atoms with Crippen LogP contribution in [0.25, 0.3) is 10.6 Å². The predicted octanol–water partition coefficient (Wildman–Crippen LogP) is 4.80. The van der Waals surface area contributed by atoms with Crippen molar-refractivity contribution in [2.24, 2.45) is 0 Å². The second-order valence-corrected chi connectivity index (χ2v) is 8.34. The molecule has 0 fully saturated rings. The van der Waals surface area contributed by atoms with E-state index in [-0.39, 0.29) is 29.0 Å². The lowest BCUT2D eigenvalue weighted by atomic mass is 10.1. The molecule has 12 heteroatoms. The molecule has 0 aliphatic heterocycles. The number of benzene rings is 1. The quantitative estimate of drug-likeness (QED) is 0.319. The van der Waals surface area contributed by atoms with Crippen LogP contribution >= 0.6 is 11.3 Å². The molecule has 1 amide bonds. The standard InChI is InChI=1S/C22H22F4N4O3S/c1-3-32-5-4-6-33-15-7-16(18(23)17(8-15)20-28-9-13(2)34-20)19(31)27-10-14-11-29-21(30-12-14)22(24,25)26/h7-9,11-12H,3-6,10H2,1-2H3,(H,27,31). The van der Waals surface area contributed by atoms with Crippen LogP contribution in [0.5, 0.6) is 5.75 Å². The first kappa shape index (κ1) is 25.5. The zero-order chi connectivity index (χ0) is 24.7. The Labute approximate surface area is 197 Å². The summed E-state index contributed by atoms with van der Waals surface area (Å²) in [5, 5.41) is 2.87. The van der Waals surface area contributed by atoms with Gasteiger partial charge in [0.15, 0.2) is 0 Å². The molecule has 0 aliphatic rings. The third kappa shape index (κ3) is 6.70. The molecule has 3 rings (SSSR count). The van der Waals surface area contributed by atoms with E-state index in [0.717, 1.165) is 17.3 Å². The molecule has 34 heavy (non-hydrogen) atoms. The number of carbonyl (C=O) groups is 1. The van der Waals surface area contributed by atoms with E-state index in [1.165, 1.54) is 23.5 Å². The van der Waals surface area contributed by atoms with Gasteiger partial charge in [0.1, 0.15) is 16.6 Å². The van der Waals surface area contributed by atoms with Crippen molar-refractivity contribution in [1.29, 1.82) is 0 Å². The molecule has 2 aromatic heterocycles. The van der Waals surface area contributed by atoms with Gasteiger partial charge in [-0.05, 0) is 26.0 Å². The molecular weight excluding hydrogens is 476 g/mol. The molecule has 7 nitrogen and oxygen atoms in total. The lowest BCUT2D eigenvalue weighted by Crippen LogP contribution is -2.24. The van der Waals surface area contributed by atoms with Gasteiger partial charge in [-0.25, -0.2) is 19.3 Å². The first-order valence-electron chi connectivity index (χ1n) is 10.3. The van der Waals surface area contributed by atoms with Gasteiger partial charge in [-0.3, -0.25) is 4.79 Å². The van der Waals surface area contributed by atoms with Crippen molar-refractivity contribution in [3.8, 4) is 16.3 Å². The molecular formula is C22H22F4N4O3S. The lowest BCUT2D eigenvalue weighted by Gasteiger charge is -2.13. The predicted molar refractivity (Wildman–Crippen MR) is 117 cm³/mol. The fourth-order valence-corrected chi connectivity index (χ4v) is 3.62. The summed E-state index contributed by atoms with van der Waals surface area (Å²) in [4.78, 5) is 24.3. The molecule has 0 radical (unpaired) electrons. The third-order valence-electron chi connectivity index (χ3n) is 4.46. The van der Waals surface area contributed by atoms with Crippen molar-refractivity contribution in [3.05, 3.63) is 58.4 Å². The van der Waals surface area contributed by atoms with E-state index in [2.05, 4.69) is 20.3 Å². The number of ether oxygens (including phenoxy) is 2. The van der Waals surface area contributed by atoms with Crippen LogP contribution in [0, 0.1) is 12.7 Å². The van der Waals surface area contributed by atoms with E-state index in [1.807, 2.05) is 13.8 Å². The summed E-state index contributed by atoms with van der Waals surface area (Å²) in [6.07, 6.45) is -0.563. The summed E-state index contributed by atoms with van der Waals surface area (Å²) in [6, 6.07) is 2.76. The normalized spacial score (nSPS) is 11.5. The monoisotopic (exact) mass is 498 g/mol. The molecule has 1 aromatic carbocycles. The van der Waals surface area contributed by atoms with E-state index >= 15 is 4.39 Å². The van der Waals surface area contributed by atoms with Gasteiger partial charge in [-0.1, -0.05) is 0 Å². The minimum Gasteiger partial charge on any atom is -0.493 e. The maximum Gasteiger partial charge on any atom is 0.451 e. The van der Waals surface area contributed by atoms with Crippen LogP contribution in [0.15, 0.2) is 30.7 Å². The zero-order valence-electron chi connectivity index (χ0n) is 18.4. The Morgan fingerprint density at radius 2 is 1.85 bits per heavy atom. The Morgan fingerprint density at radius 3 is 2.47 bits per heavy atom. The summed E-state index contributed by atoms with van der Waals surface area (Å²) in [5.41, 5.74) is 0.0577. The fraction of sp³-hybridized carbons (Fsp3) is 0.364. The molecule has 0 aliphatic carbocycles. The number of hydrogen-bond donors (Lipinski definition) is 1. The summed E-state index contributed by atoms with van der Waals surface area (Å²) in [7, 11) is 0. The Kier molecular flexibility index (Phi) is 8.51. The number of aromatic nitrogens is 3. The van der Waals surface area contributed by atoms with E-state index < -0.39 is 23.7 Å². The van der Waals surface area contributed by atoms with Crippen molar-refractivity contribution in [1.82, 2.24) is 20.3 Å². The van der Waals surface area contributed by atoms with Gasteiger partial charge in [0.05, 0.1) is 17.7 Å². The lowest BCUT2D eigenvalue weighted by molar-refractivity contribution is -0.145. The number of nitrogens with zero attached hydrogens (tertiary/aromatic N) is 3. The molecule has 0 atom stereocenters. The summed E-state index contributed by atoms with van der Waals surface area (Å²) in [5.74, 6) is -2.56. The third-order valence-corrected chi connectivity index (χ3v) is 5.41. The number of amides is 1. The molecule has 0 unspecified atom stereocenters. The summed E-state index contributed by atoms with van der Waals surface area (Å²) >= 11 is 1.27. The van der Waals surface area contributed by atoms with E-state index in [1.54, 1.807) is 6.20 Å². The molecule has 1 N–H and O–H groups in total. The van der Waals surface area contributed by atoms with Crippen molar-refractivity contribution in [2.45, 2.75) is 33.0 Å². The summed E-state index contributed by atoms with van der Waals surface area (Å²) in [6.45, 7) is 4.89. The van der Waals surface area contributed by atoms with E-state index in [9.17, 15) is 18.0 Å². The van der Waals surface area contributed by atoms with Crippen LogP contribution in [-0.2, 0) is 17.5 Å². The first-order valence-corrected chi connectivity index (χ1v) is 11.1. The van der Waals surface area contributed by atoms with Gasteiger partial charge in [0.25, 0.3) is 5.91 Å². The van der Waals surface area contributed by atoms with Gasteiger partial charge in [-0.15, -0.1) is 11.3 Å². The summed E-state index contributed by atoms with van der Waals surface area (Å²) < 4.78 is 64.1. The molecule has 0 spiro atoms. The highest BCUT2D eigenvalue weighted by atomic mass is 32.1. The molecule has 182 valence electrons. The second kappa shape index (κ2) is 11.3. The average molecular weight is 499 g/mol. The van der Waals surface area contributed by atoms with Gasteiger partial charge >= 0.3 is 6.18 Å². The van der Waals surface area contributed by atoms with Gasteiger partial charge in [-0.2, -0.15) is 13.2 Å². The van der Waals surface area contributed by atoms with E-state index in [0.29, 0.717) is 31.2 Å². The van der Waals surface area contributed by atoms with Crippen LogP contribution in [-0.4, -0.2) is 40.7 Å². The Bertz CT molecular complexity index is 1120. The molecule has 0 saturated heterocycles. The molecule has 2 heterocycles. The number of carbonyl (C=O) groups excluding carboxylic acids is 1. The van der Waals surface area contributed by atoms with Crippen molar-refractivity contribution in [3.63, 3.8) is 0 Å². The smallest absolute Gasteiger partial charge is 0.451 e. The Hall–Kier alpha value is -3.12. The fourth-order valence-electron chi connectivity index (χ4n) is 2.85. The number of alkyl halides is 3. The first-order chi connectivity index (χ1) is 16.2. The number of rotatable bonds is 10. The van der Waals surface area contributed by atoms with Gasteiger partial charge in [0, 0.05) is 55.2 Å². The minimum absolute atomic E-state index is 0.114. The highest BCUT2D eigenvalue weighted by molar-refractivity contribution is 7.14. The minimum atomic E-state index is -4.67. The van der Waals surface area contributed by atoms with Crippen LogP contribution in [0.4, 0.5) is 17.6 Å². The largest absolute Gasteiger partial charge is 0.493 e. The SMILES string of the molecule is CCOCCCOc1cc(C(=O)NCc2cnc(C(F)(F)F)nc2)c(F)c(-c2ncc(C)s2)c1. The van der Waals surface area contributed by atoms with Gasteiger partial charge < -0.3 is 14.8 Å². The Balaban J connectivity index is 1.79. The van der Waals surface area contributed by atoms with Crippen LogP contribution in [0.3, 0.4) is 0 Å². The average Bonchev–Trinajstić information content (AvgIpc) is 3.23. The zero-order valence-corrected chi connectivity index (χ0v) is 19.2. The number of aryl methyl sites for hydroxylation is 1. The van der Waals surface area contributed by atoms with Gasteiger partial charge in [0.2, 0.25) is 5.82 Å². The molecule has 3 aromatic rings. The van der Waals surface area contributed by atoms with Crippen molar-refractivity contribution < 1.29 is 31.8 Å². The van der Waals surface area contributed by atoms with Crippen molar-refractivity contribution in [2.75, 3.05) is 19.8 Å². The number of halogens is 4. The number of nitrogens with one attached hydrogen (secondary N) is 1. The number of thiazole rings is 1. The molecule has 0 bridgehead atoms. The highest BCUT2D eigenvalue weighted by Crippen LogP contribution is 2.33. The second-order valence-electron chi connectivity index (χ2n) is 7.10. The molecule has 0 saturated carbocycles. The topological polar surface area (TPSA) is 86.2 Å². The van der Waals surface area contributed by atoms with Crippen LogP contribution < -0.4 is 10.1 Å². The van der Waals surface area contributed by atoms with E-state index in [4.69, 9.17) is 9.47 Å². The van der Waals surface area contributed by atoms with Crippen molar-refractivity contribution >= 4 is 17.2 Å². The maximum atomic E-state index is 15.3. The van der Waals surface area contributed by atoms with Crippen LogP contribution in [0.1, 0.15) is 40.0 Å².